The molecule has 0 aromatic carbocycles. The highest BCUT2D eigenvalue weighted by atomic mass is 28.3. The summed E-state index contributed by atoms with van der Waals surface area (Å²) in [6.45, 7) is 0. The fraction of sp³-hybridized carbons (Fsp3) is 0.385. The second kappa shape index (κ2) is 7.87. The minimum atomic E-state index is -1.81. The first kappa shape index (κ1) is 18.7. The fourth-order valence-corrected chi connectivity index (χ4v) is 6.96. The molecule has 0 atom stereocenters. The number of hydrogen-bond donors (Lipinski definition) is 0. The van der Waals surface area contributed by atoms with Crippen molar-refractivity contribution in [3.63, 3.8) is 0 Å². The molecule has 0 unspecified atom stereocenters. The number of rotatable bonds is 4. The van der Waals surface area contributed by atoms with Crippen molar-refractivity contribution in [1.82, 2.24) is 4.57 Å². The molecule has 0 heterocycles. The zero-order valence-electron chi connectivity index (χ0n) is 17.3. The second-order valence-corrected chi connectivity index (χ2v) is 10.6. The van der Waals surface area contributed by atoms with Gasteiger partial charge in [-0.15, -0.1) is 0 Å². The third-order valence-corrected chi connectivity index (χ3v) is 8.87. The van der Waals surface area contributed by atoms with Gasteiger partial charge in [0.1, 0.15) is 0 Å². The Balaban J connectivity index is 1.58. The zero-order valence-corrected chi connectivity index (χ0v) is 18.3. The van der Waals surface area contributed by atoms with Crippen LogP contribution >= 0.6 is 0 Å². The third-order valence-electron chi connectivity index (χ3n) is 6.99. The monoisotopic (exact) mass is 399 g/mol. The van der Waals surface area contributed by atoms with Gasteiger partial charge >= 0.3 is 8.84 Å². The summed E-state index contributed by atoms with van der Waals surface area (Å²) in [4.78, 5) is 0. The second-order valence-electron chi connectivity index (χ2n) is 8.74. The van der Waals surface area contributed by atoms with Gasteiger partial charge in [0.25, 0.3) is 0 Å². The van der Waals surface area contributed by atoms with E-state index in [1.165, 1.54) is 70.4 Å². The van der Waals surface area contributed by atoms with Crippen LogP contribution < -0.4 is 10.4 Å². The Kier molecular flexibility index (Phi) is 5.09. The van der Waals surface area contributed by atoms with Gasteiger partial charge in [-0.25, -0.2) is 0 Å². The van der Waals surface area contributed by atoms with E-state index in [2.05, 4.69) is 66.3 Å². The molecule has 5 aliphatic rings. The Bertz CT molecular complexity index is 1100. The highest BCUT2D eigenvalue weighted by molar-refractivity contribution is 6.42. The lowest BCUT2D eigenvalue weighted by molar-refractivity contribution is 0.273. The Morgan fingerprint density at radius 2 is 1.93 bits per heavy atom. The van der Waals surface area contributed by atoms with Gasteiger partial charge < -0.3 is 9.03 Å². The molecular weight excluding hydrogens is 370 g/mol. The molecule has 0 bridgehead atoms. The molecule has 0 aliphatic heterocycles. The van der Waals surface area contributed by atoms with Crippen molar-refractivity contribution in [2.75, 3.05) is 7.05 Å². The summed E-state index contributed by atoms with van der Waals surface area (Å²) in [5.74, 6) is 0. The minimum Gasteiger partial charge on any atom is -0.377 e. The number of allylic oxidation sites excluding steroid dienone is 3. The predicted octanol–water partition coefficient (Wildman–Crippen LogP) is 4.44. The Morgan fingerprint density at radius 1 is 1.07 bits per heavy atom. The van der Waals surface area contributed by atoms with E-state index < -0.39 is 8.84 Å². The average Bonchev–Trinajstić information content (AvgIpc) is 3.01. The summed E-state index contributed by atoms with van der Waals surface area (Å²) < 4.78 is 15.6. The van der Waals surface area contributed by atoms with Crippen molar-refractivity contribution in [3.05, 3.63) is 64.1 Å². The summed E-state index contributed by atoms with van der Waals surface area (Å²) in [6, 6.07) is 10.3. The lowest BCUT2D eigenvalue weighted by Gasteiger charge is -2.31. The lowest BCUT2D eigenvalue weighted by Crippen LogP contribution is -2.40. The Morgan fingerprint density at radius 3 is 2.79 bits per heavy atom. The van der Waals surface area contributed by atoms with E-state index in [9.17, 15) is 4.46 Å². The maximum absolute atomic E-state index is 13.4. The van der Waals surface area contributed by atoms with E-state index >= 15 is 0 Å². The van der Waals surface area contributed by atoms with E-state index in [0.29, 0.717) is 12.1 Å². The normalized spacial score (nSPS) is 18.3. The molecule has 5 aliphatic carbocycles. The van der Waals surface area contributed by atoms with Crippen molar-refractivity contribution in [1.29, 1.82) is 0 Å². The average molecular weight is 400 g/mol. The van der Waals surface area contributed by atoms with Gasteiger partial charge in [-0.2, -0.15) is 0 Å². The van der Waals surface area contributed by atoms with E-state index in [4.69, 9.17) is 0 Å². The van der Waals surface area contributed by atoms with Gasteiger partial charge in [0, 0.05) is 19.1 Å². The van der Waals surface area contributed by atoms with E-state index in [0.717, 1.165) is 12.8 Å². The molecule has 0 saturated heterocycles. The number of nitrogens with zero attached hydrogens (tertiary/aromatic N) is 1. The van der Waals surface area contributed by atoms with Crippen molar-refractivity contribution < 1.29 is 4.46 Å². The molecule has 1 fully saturated rings. The quantitative estimate of drug-likeness (QED) is 0.709. The Labute approximate surface area is 175 Å². The largest absolute Gasteiger partial charge is 0.398 e. The van der Waals surface area contributed by atoms with Crippen molar-refractivity contribution in [2.24, 2.45) is 0 Å². The van der Waals surface area contributed by atoms with Gasteiger partial charge in [-0.05, 0) is 64.4 Å². The summed E-state index contributed by atoms with van der Waals surface area (Å²) in [6.07, 6.45) is 19.3. The summed E-state index contributed by atoms with van der Waals surface area (Å²) in [5, 5.41) is 2.68. The van der Waals surface area contributed by atoms with Gasteiger partial charge in [-0.1, -0.05) is 73.4 Å². The maximum Gasteiger partial charge on any atom is 0.398 e. The van der Waals surface area contributed by atoms with E-state index in [1.54, 1.807) is 0 Å². The van der Waals surface area contributed by atoms with Crippen LogP contribution in [0.15, 0.2) is 42.5 Å². The van der Waals surface area contributed by atoms with Crippen LogP contribution in [-0.4, -0.2) is 26.5 Å². The standard InChI is InChI=1S/C26H29NOSi/c1-27(22-13-3-2-4-14-22)29(28)18-21-12-7-10-19-11-8-16-24-23-15-6-5-9-20(23)17-25(24)26(19)21/h5-11,16-17,22H,2-4,12-15,18H2,1H3. The van der Waals surface area contributed by atoms with Crippen molar-refractivity contribution >= 4 is 26.6 Å². The van der Waals surface area contributed by atoms with Crippen molar-refractivity contribution in [2.45, 2.75) is 57.0 Å². The summed E-state index contributed by atoms with van der Waals surface area (Å²) in [5.41, 5.74) is 6.75. The first-order valence-corrected chi connectivity index (χ1v) is 12.6. The topological polar surface area (TPSA) is 20.3 Å². The first-order valence-electron chi connectivity index (χ1n) is 11.1. The molecule has 148 valence electrons. The van der Waals surface area contributed by atoms with E-state index in [1.807, 2.05) is 0 Å². The Hall–Kier alpha value is -2.26. The summed E-state index contributed by atoms with van der Waals surface area (Å²) in [7, 11) is 0.291. The van der Waals surface area contributed by atoms with Gasteiger partial charge in [0.15, 0.2) is 0 Å². The third kappa shape index (κ3) is 3.46. The van der Waals surface area contributed by atoms with Crippen LogP contribution in [0.3, 0.4) is 0 Å². The summed E-state index contributed by atoms with van der Waals surface area (Å²) >= 11 is 0. The molecule has 5 rings (SSSR count). The number of fused-ring (bicyclic) bond motifs is 5. The highest BCUT2D eigenvalue weighted by Gasteiger charge is 2.25. The molecule has 0 spiro atoms. The SMILES string of the molecule is CN(C1CCCCC1)[Si](=O)CC1=c2c(cccc3c4c(cc2-3)=CC=CC4)C=CC1. The van der Waals surface area contributed by atoms with Crippen LogP contribution in [-0.2, 0) is 10.9 Å². The molecular formula is C26H29NOSi. The zero-order chi connectivity index (χ0) is 19.8. The molecule has 0 N–H and O–H groups in total. The molecule has 2 nitrogen and oxygen atoms in total. The van der Waals surface area contributed by atoms with Gasteiger partial charge in [-0.3, -0.25) is 0 Å². The van der Waals surface area contributed by atoms with Crippen LogP contribution in [0.1, 0.15) is 49.7 Å². The van der Waals surface area contributed by atoms with Gasteiger partial charge in [0.05, 0.1) is 0 Å². The molecule has 1 saturated carbocycles. The van der Waals surface area contributed by atoms with Crippen molar-refractivity contribution in [3.8, 4) is 11.1 Å². The molecule has 0 aromatic heterocycles. The molecule has 0 aromatic rings. The van der Waals surface area contributed by atoms with Crippen LogP contribution in [0, 0.1) is 0 Å². The smallest absolute Gasteiger partial charge is 0.377 e. The van der Waals surface area contributed by atoms with E-state index in [-0.39, 0.29) is 0 Å². The molecule has 3 heteroatoms. The highest BCUT2D eigenvalue weighted by Crippen LogP contribution is 2.28. The predicted molar refractivity (Wildman–Crippen MR) is 123 cm³/mol. The maximum atomic E-state index is 13.4. The van der Waals surface area contributed by atoms with Crippen LogP contribution in [0.5, 0.6) is 0 Å². The van der Waals surface area contributed by atoms with Crippen LogP contribution in [0.2, 0.25) is 6.04 Å². The lowest BCUT2D eigenvalue weighted by atomic mass is 9.96. The first-order chi connectivity index (χ1) is 14.2. The minimum absolute atomic E-state index is 0.508. The van der Waals surface area contributed by atoms with Crippen LogP contribution in [0.4, 0.5) is 0 Å². The van der Waals surface area contributed by atoms with Crippen LogP contribution in [0.25, 0.3) is 28.9 Å². The van der Waals surface area contributed by atoms with Gasteiger partial charge in [0.2, 0.25) is 0 Å². The molecule has 0 radical (unpaired) electrons. The number of hydrogen-bond acceptors (Lipinski definition) is 1. The molecule has 0 amide bonds. The fourth-order valence-electron chi connectivity index (χ4n) is 5.36. The molecule has 29 heavy (non-hydrogen) atoms.